The number of quaternary nitrogens is 1. The molecule has 170 valence electrons. The van der Waals surface area contributed by atoms with Gasteiger partial charge >= 0.3 is 0 Å². The second kappa shape index (κ2) is 9.11. The molecule has 32 heavy (non-hydrogen) atoms. The molecule has 0 aromatic heterocycles. The number of nitrogens with zero attached hydrogens (tertiary/aromatic N) is 2. The van der Waals surface area contributed by atoms with Crippen molar-refractivity contribution >= 4 is 29.0 Å². The van der Waals surface area contributed by atoms with Gasteiger partial charge in [0.25, 0.3) is 5.91 Å². The van der Waals surface area contributed by atoms with Gasteiger partial charge in [0.1, 0.15) is 0 Å². The van der Waals surface area contributed by atoms with Crippen LogP contribution in [0.25, 0.3) is 0 Å². The van der Waals surface area contributed by atoms with Gasteiger partial charge in [0.2, 0.25) is 0 Å². The quantitative estimate of drug-likeness (QED) is 0.538. The summed E-state index contributed by atoms with van der Waals surface area (Å²) in [7, 11) is 2.40. The van der Waals surface area contributed by atoms with E-state index in [2.05, 4.69) is 54.5 Å². The largest absolute Gasteiger partial charge is 0.352 e. The highest BCUT2D eigenvalue weighted by Gasteiger charge is 2.36. The first kappa shape index (κ1) is 21.8. The second-order valence-electron chi connectivity index (χ2n) is 10.2. The van der Waals surface area contributed by atoms with E-state index in [-0.39, 0.29) is 5.91 Å². The first-order valence-corrected chi connectivity index (χ1v) is 13.2. The van der Waals surface area contributed by atoms with Crippen LogP contribution in [0.5, 0.6) is 0 Å². The van der Waals surface area contributed by atoms with Gasteiger partial charge in [0.05, 0.1) is 49.7 Å². The second-order valence-corrected chi connectivity index (χ2v) is 11.3. The lowest BCUT2D eigenvalue weighted by Crippen LogP contribution is -2.50. The van der Waals surface area contributed by atoms with Gasteiger partial charge in [-0.3, -0.25) is 4.79 Å². The van der Waals surface area contributed by atoms with Crippen molar-refractivity contribution in [1.82, 2.24) is 5.32 Å². The zero-order valence-corrected chi connectivity index (χ0v) is 20.3. The Labute approximate surface area is 197 Å². The monoisotopic (exact) mass is 450 g/mol. The maximum Gasteiger partial charge on any atom is 0.253 e. The number of para-hydroxylation sites is 2. The first-order chi connectivity index (χ1) is 15.5. The molecule has 2 aliphatic heterocycles. The van der Waals surface area contributed by atoms with Gasteiger partial charge in [0, 0.05) is 29.2 Å². The fraction of sp³-hybridized carbons (Fsp3) is 0.519. The molecule has 3 aliphatic rings. The molecule has 1 atom stereocenters. The smallest absolute Gasteiger partial charge is 0.253 e. The minimum absolute atomic E-state index is 0.0694. The summed E-state index contributed by atoms with van der Waals surface area (Å²) in [5, 5.41) is 3.23. The van der Waals surface area contributed by atoms with Crippen LogP contribution in [0.2, 0.25) is 0 Å². The summed E-state index contributed by atoms with van der Waals surface area (Å²) >= 11 is 1.79. The molecule has 2 aromatic rings. The van der Waals surface area contributed by atoms with E-state index in [1.54, 1.807) is 11.8 Å². The number of nitrogens with one attached hydrogen (secondary N) is 1. The van der Waals surface area contributed by atoms with Crippen molar-refractivity contribution in [2.45, 2.75) is 61.3 Å². The number of hydrogen-bond acceptors (Lipinski definition) is 3. The average Bonchev–Trinajstić information content (AvgIpc) is 3.18. The van der Waals surface area contributed by atoms with Gasteiger partial charge in [-0.25, -0.2) is 0 Å². The predicted octanol–water partition coefficient (Wildman–Crippen LogP) is 5.84. The van der Waals surface area contributed by atoms with Crippen LogP contribution in [-0.4, -0.2) is 49.7 Å². The number of carbonyl (C=O) groups is 1. The van der Waals surface area contributed by atoms with Gasteiger partial charge in [-0.2, -0.15) is 0 Å². The van der Waals surface area contributed by atoms with Crippen molar-refractivity contribution in [2.75, 3.05) is 38.1 Å². The fourth-order valence-electron chi connectivity index (χ4n) is 5.74. The third kappa shape index (κ3) is 4.29. The van der Waals surface area contributed by atoms with E-state index in [9.17, 15) is 4.79 Å². The molecule has 1 unspecified atom stereocenters. The highest BCUT2D eigenvalue weighted by molar-refractivity contribution is 7.99. The number of benzene rings is 2. The molecule has 1 saturated carbocycles. The number of fused-ring (bicyclic) bond motifs is 2. The van der Waals surface area contributed by atoms with Crippen LogP contribution in [0.15, 0.2) is 52.3 Å². The Morgan fingerprint density at radius 1 is 1.09 bits per heavy atom. The zero-order valence-electron chi connectivity index (χ0n) is 19.5. The third-order valence-corrected chi connectivity index (χ3v) is 8.80. The topological polar surface area (TPSA) is 32.3 Å². The van der Waals surface area contributed by atoms with Crippen molar-refractivity contribution in [2.24, 2.45) is 5.92 Å². The molecular formula is C27H36N3OS+. The maximum atomic E-state index is 13.3. The summed E-state index contributed by atoms with van der Waals surface area (Å²) < 4.78 is 1.12. The Morgan fingerprint density at radius 2 is 1.84 bits per heavy atom. The Kier molecular flexibility index (Phi) is 6.22. The average molecular weight is 451 g/mol. The third-order valence-electron chi connectivity index (χ3n) is 7.68. The summed E-state index contributed by atoms with van der Waals surface area (Å²) in [5.41, 5.74) is 3.14. The molecule has 1 saturated heterocycles. The predicted molar refractivity (Wildman–Crippen MR) is 133 cm³/mol. The number of amides is 1. The molecule has 2 heterocycles. The number of likely N-dealkylation sites (tertiary alicyclic amines) is 1. The summed E-state index contributed by atoms with van der Waals surface area (Å²) in [6, 6.07) is 15.2. The Balaban J connectivity index is 1.46. The first-order valence-electron chi connectivity index (χ1n) is 12.3. The number of rotatable bonds is 7. The maximum absolute atomic E-state index is 13.3. The number of likely N-dealkylation sites (N-methyl/N-ethyl adjacent to an activating group) is 1. The van der Waals surface area contributed by atoms with E-state index in [1.807, 2.05) is 12.1 Å². The minimum Gasteiger partial charge on any atom is -0.352 e. The van der Waals surface area contributed by atoms with Crippen molar-refractivity contribution in [3.05, 3.63) is 48.0 Å². The molecule has 1 amide bonds. The molecule has 0 bridgehead atoms. The van der Waals surface area contributed by atoms with Crippen LogP contribution in [0.3, 0.4) is 0 Å². The van der Waals surface area contributed by atoms with Gasteiger partial charge in [-0.1, -0.05) is 49.2 Å². The molecule has 1 aliphatic carbocycles. The van der Waals surface area contributed by atoms with Crippen LogP contribution in [-0.2, 0) is 0 Å². The van der Waals surface area contributed by atoms with Crippen molar-refractivity contribution in [3.63, 3.8) is 0 Å². The van der Waals surface area contributed by atoms with Crippen molar-refractivity contribution < 1.29 is 9.28 Å². The molecule has 0 radical (unpaired) electrons. The van der Waals surface area contributed by atoms with E-state index in [4.69, 9.17) is 0 Å². The van der Waals surface area contributed by atoms with Crippen LogP contribution < -0.4 is 10.2 Å². The Hall–Kier alpha value is -1.98. The summed E-state index contributed by atoms with van der Waals surface area (Å²) in [6.07, 6.45) is 7.75. The van der Waals surface area contributed by atoms with Gasteiger partial charge in [-0.15, -0.1) is 0 Å². The molecule has 4 nitrogen and oxygen atoms in total. The zero-order chi connectivity index (χ0) is 22.1. The van der Waals surface area contributed by atoms with Crippen molar-refractivity contribution in [1.29, 1.82) is 0 Å². The van der Waals surface area contributed by atoms with Crippen LogP contribution in [0, 0.1) is 5.92 Å². The number of hydrogen-bond donors (Lipinski definition) is 1. The lowest BCUT2D eigenvalue weighted by atomic mass is 9.83. The lowest BCUT2D eigenvalue weighted by molar-refractivity contribution is -0.898. The highest BCUT2D eigenvalue weighted by Crippen LogP contribution is 2.50. The van der Waals surface area contributed by atoms with Gasteiger partial charge < -0.3 is 14.7 Å². The Bertz CT molecular complexity index is 981. The van der Waals surface area contributed by atoms with E-state index >= 15 is 0 Å². The molecule has 5 heteroatoms. The molecule has 0 spiro atoms. The summed E-state index contributed by atoms with van der Waals surface area (Å²) in [4.78, 5) is 18.3. The Morgan fingerprint density at radius 3 is 2.59 bits per heavy atom. The molecule has 5 rings (SSSR count). The van der Waals surface area contributed by atoms with Gasteiger partial charge in [0.15, 0.2) is 0 Å². The highest BCUT2D eigenvalue weighted by atomic mass is 32.2. The normalized spacial score (nSPS) is 20.2. The van der Waals surface area contributed by atoms with E-state index in [0.29, 0.717) is 6.04 Å². The van der Waals surface area contributed by atoms with Crippen LogP contribution in [0.4, 0.5) is 11.4 Å². The summed E-state index contributed by atoms with van der Waals surface area (Å²) in [5.74, 6) is 0.879. The van der Waals surface area contributed by atoms with Crippen LogP contribution in [0.1, 0.15) is 55.8 Å². The van der Waals surface area contributed by atoms with Crippen molar-refractivity contribution in [3.8, 4) is 0 Å². The molecular weight excluding hydrogens is 414 g/mol. The molecule has 2 aromatic carbocycles. The lowest BCUT2D eigenvalue weighted by Gasteiger charge is -2.41. The van der Waals surface area contributed by atoms with E-state index in [1.165, 1.54) is 60.7 Å². The number of carbonyl (C=O) groups excluding carboxylic acids is 1. The molecule has 1 N–H and O–H groups in total. The fourth-order valence-corrected chi connectivity index (χ4v) is 6.85. The van der Waals surface area contributed by atoms with Crippen LogP contribution >= 0.6 is 11.8 Å². The van der Waals surface area contributed by atoms with Gasteiger partial charge in [-0.05, 0) is 43.5 Å². The standard InChI is InChI=1S/C27H35N3OS/c1-20(19-30(2)17-5-6-18-30)29-23-12-3-4-13-24(23)32-25-14-8-11-22(26(25)29)27(31)28-16-15-21-9-7-10-21/h3-4,8,11-14,20-21H,5-7,9-10,15-19H2,1-2H3/p+1. The minimum atomic E-state index is 0.0694. The number of anilines is 2. The summed E-state index contributed by atoms with van der Waals surface area (Å²) in [6.45, 7) is 6.72. The SMILES string of the molecule is CC(C[N+]1(C)CCCC1)N1c2ccccc2Sc2cccc(C(=O)NCCC3CCC3)c21. The van der Waals surface area contributed by atoms with E-state index < -0.39 is 0 Å². The molecule has 2 fully saturated rings. The van der Waals surface area contributed by atoms with E-state index in [0.717, 1.165) is 41.2 Å².